The molecule has 0 fully saturated rings. The van der Waals surface area contributed by atoms with Gasteiger partial charge in [0.15, 0.2) is 0 Å². The molecule has 0 spiro atoms. The number of benzene rings is 1. The molecule has 7 heteroatoms. The lowest BCUT2D eigenvalue weighted by molar-refractivity contribution is 0.340. The van der Waals surface area contributed by atoms with E-state index in [4.69, 9.17) is 4.74 Å². The fourth-order valence-corrected chi connectivity index (χ4v) is 2.82. The fourth-order valence-electron chi connectivity index (χ4n) is 1.37. The molecule has 0 saturated carbocycles. The molecule has 0 unspecified atom stereocenters. The third-order valence-electron chi connectivity index (χ3n) is 2.29. The summed E-state index contributed by atoms with van der Waals surface area (Å²) in [6.45, 7) is 0.350. The monoisotopic (exact) mass is 298 g/mol. The van der Waals surface area contributed by atoms with Gasteiger partial charge < -0.3 is 4.74 Å². The van der Waals surface area contributed by atoms with Crippen LogP contribution >= 0.6 is 11.3 Å². The first-order valence-corrected chi connectivity index (χ1v) is 8.22. The lowest BCUT2D eigenvalue weighted by atomic mass is 10.3. The molecule has 0 radical (unpaired) electrons. The minimum absolute atomic E-state index is 0.0761. The molecule has 2 rings (SSSR count). The first-order valence-electron chi connectivity index (χ1n) is 5.69. The molecule has 19 heavy (non-hydrogen) atoms. The predicted octanol–water partition coefficient (Wildman–Crippen LogP) is 1.64. The second kappa shape index (κ2) is 6.65. The van der Waals surface area contributed by atoms with Gasteiger partial charge in [0.1, 0.15) is 17.4 Å². The average Bonchev–Trinajstić information content (AvgIpc) is 2.91. The highest BCUT2D eigenvalue weighted by molar-refractivity contribution is 7.89. The van der Waals surface area contributed by atoms with Gasteiger partial charge in [0.2, 0.25) is 10.0 Å². The highest BCUT2D eigenvalue weighted by Crippen LogP contribution is 2.08. The number of ether oxygens (including phenoxy) is 1. The third-order valence-corrected chi connectivity index (χ3v) is 4.36. The van der Waals surface area contributed by atoms with Crippen LogP contribution in [-0.2, 0) is 16.6 Å². The molecule has 0 aliphatic carbocycles. The van der Waals surface area contributed by atoms with Crippen molar-refractivity contribution in [2.45, 2.75) is 6.54 Å². The van der Waals surface area contributed by atoms with Gasteiger partial charge in [-0.1, -0.05) is 18.2 Å². The van der Waals surface area contributed by atoms with Crippen LogP contribution < -0.4 is 9.46 Å². The zero-order chi connectivity index (χ0) is 13.6. The van der Waals surface area contributed by atoms with Gasteiger partial charge in [0.05, 0.1) is 12.3 Å². The first kappa shape index (κ1) is 14.0. The van der Waals surface area contributed by atoms with Crippen LogP contribution in [-0.4, -0.2) is 25.8 Å². The maximum absolute atomic E-state index is 11.7. The van der Waals surface area contributed by atoms with E-state index >= 15 is 0 Å². The van der Waals surface area contributed by atoms with E-state index in [1.54, 1.807) is 18.3 Å². The van der Waals surface area contributed by atoms with Gasteiger partial charge in [-0.05, 0) is 12.1 Å². The summed E-state index contributed by atoms with van der Waals surface area (Å²) in [6, 6.07) is 9.12. The predicted molar refractivity (Wildman–Crippen MR) is 74.7 cm³/mol. The minimum Gasteiger partial charge on any atom is -0.492 e. The number of nitrogens with one attached hydrogen (secondary N) is 1. The van der Waals surface area contributed by atoms with E-state index in [2.05, 4.69) is 9.71 Å². The number of hydrogen-bond donors (Lipinski definition) is 1. The molecule has 1 aromatic heterocycles. The molecule has 0 aliphatic heterocycles. The van der Waals surface area contributed by atoms with E-state index in [-0.39, 0.29) is 18.9 Å². The summed E-state index contributed by atoms with van der Waals surface area (Å²) in [4.78, 5) is 4.01. The van der Waals surface area contributed by atoms with Crippen molar-refractivity contribution in [2.24, 2.45) is 0 Å². The van der Waals surface area contributed by atoms with E-state index < -0.39 is 10.0 Å². The van der Waals surface area contributed by atoms with Crippen molar-refractivity contribution in [3.8, 4) is 5.75 Å². The standard InChI is InChI=1S/C12H14N2O3S2/c15-19(16,14-10-12-13-6-8-18-12)9-7-17-11-4-2-1-3-5-11/h1-6,8,14H,7,9-10H2. The maximum atomic E-state index is 11.7. The molecule has 0 aliphatic rings. The van der Waals surface area contributed by atoms with Crippen LogP contribution in [0.2, 0.25) is 0 Å². The quantitative estimate of drug-likeness (QED) is 0.844. The van der Waals surface area contributed by atoms with E-state index in [1.807, 2.05) is 23.6 Å². The fraction of sp³-hybridized carbons (Fsp3) is 0.250. The molecule has 1 N–H and O–H groups in total. The van der Waals surface area contributed by atoms with E-state index in [9.17, 15) is 8.42 Å². The number of sulfonamides is 1. The Morgan fingerprint density at radius 2 is 2.05 bits per heavy atom. The number of rotatable bonds is 7. The molecular weight excluding hydrogens is 284 g/mol. The smallest absolute Gasteiger partial charge is 0.215 e. The second-order valence-corrected chi connectivity index (χ2v) is 6.63. The van der Waals surface area contributed by atoms with Gasteiger partial charge in [0.25, 0.3) is 0 Å². The number of para-hydroxylation sites is 1. The summed E-state index contributed by atoms with van der Waals surface area (Å²) in [6.07, 6.45) is 1.65. The number of hydrogen-bond acceptors (Lipinski definition) is 5. The Labute approximate surface area is 116 Å². The Morgan fingerprint density at radius 1 is 1.26 bits per heavy atom. The molecule has 102 valence electrons. The lowest BCUT2D eigenvalue weighted by Gasteiger charge is -2.07. The van der Waals surface area contributed by atoms with Crippen molar-refractivity contribution in [1.29, 1.82) is 0 Å². The van der Waals surface area contributed by atoms with Crippen molar-refractivity contribution in [2.75, 3.05) is 12.4 Å². The van der Waals surface area contributed by atoms with Crippen molar-refractivity contribution in [1.82, 2.24) is 9.71 Å². The normalized spacial score (nSPS) is 11.4. The Bertz CT molecular complexity index is 583. The summed E-state index contributed by atoms with van der Waals surface area (Å²) in [7, 11) is -3.34. The van der Waals surface area contributed by atoms with Gasteiger partial charge in [-0.15, -0.1) is 11.3 Å². The van der Waals surface area contributed by atoms with E-state index in [1.165, 1.54) is 11.3 Å². The number of nitrogens with zero attached hydrogens (tertiary/aromatic N) is 1. The van der Waals surface area contributed by atoms with Crippen LogP contribution in [0.15, 0.2) is 41.9 Å². The van der Waals surface area contributed by atoms with E-state index in [0.717, 1.165) is 5.01 Å². The minimum atomic E-state index is -3.34. The van der Waals surface area contributed by atoms with Crippen LogP contribution in [0, 0.1) is 0 Å². The summed E-state index contributed by atoms with van der Waals surface area (Å²) in [5.74, 6) is 0.588. The Hall–Kier alpha value is -1.44. The molecule has 2 aromatic rings. The number of aromatic nitrogens is 1. The Balaban J connectivity index is 1.75. The lowest BCUT2D eigenvalue weighted by Crippen LogP contribution is -2.28. The van der Waals surface area contributed by atoms with Gasteiger partial charge in [-0.2, -0.15) is 0 Å². The Kier molecular flexibility index (Phi) is 4.89. The average molecular weight is 298 g/mol. The van der Waals surface area contributed by atoms with Gasteiger partial charge in [-0.3, -0.25) is 0 Å². The number of thiazole rings is 1. The van der Waals surface area contributed by atoms with Crippen molar-refractivity contribution < 1.29 is 13.2 Å². The summed E-state index contributed by atoms with van der Waals surface area (Å²) in [5.41, 5.74) is 0. The van der Waals surface area contributed by atoms with Crippen LogP contribution in [0.3, 0.4) is 0 Å². The van der Waals surface area contributed by atoms with Gasteiger partial charge in [0, 0.05) is 11.6 Å². The van der Waals surface area contributed by atoms with Crippen molar-refractivity contribution in [3.63, 3.8) is 0 Å². The van der Waals surface area contributed by atoms with Crippen molar-refractivity contribution in [3.05, 3.63) is 46.9 Å². The second-order valence-electron chi connectivity index (χ2n) is 3.73. The highest BCUT2D eigenvalue weighted by atomic mass is 32.2. The van der Waals surface area contributed by atoms with Gasteiger partial charge in [-0.25, -0.2) is 18.1 Å². The van der Waals surface area contributed by atoms with Gasteiger partial charge >= 0.3 is 0 Å². The molecule has 0 amide bonds. The molecule has 1 aromatic carbocycles. The van der Waals surface area contributed by atoms with Crippen LogP contribution in [0.4, 0.5) is 0 Å². The maximum Gasteiger partial charge on any atom is 0.215 e. The zero-order valence-electron chi connectivity index (χ0n) is 10.2. The summed E-state index contributed by atoms with van der Waals surface area (Å²) in [5, 5.41) is 2.55. The molecule has 0 bridgehead atoms. The topological polar surface area (TPSA) is 68.3 Å². The molecule has 0 saturated heterocycles. The van der Waals surface area contributed by atoms with Crippen LogP contribution in [0.1, 0.15) is 5.01 Å². The van der Waals surface area contributed by atoms with E-state index in [0.29, 0.717) is 5.75 Å². The Morgan fingerprint density at radius 3 is 2.74 bits per heavy atom. The third kappa shape index (κ3) is 4.98. The molecule has 0 atom stereocenters. The SMILES string of the molecule is O=S(=O)(CCOc1ccccc1)NCc1nccs1. The summed E-state index contributed by atoms with van der Waals surface area (Å²) >= 11 is 1.42. The highest BCUT2D eigenvalue weighted by Gasteiger charge is 2.10. The first-order chi connectivity index (χ1) is 9.16. The van der Waals surface area contributed by atoms with Crippen LogP contribution in [0.5, 0.6) is 5.75 Å². The largest absolute Gasteiger partial charge is 0.492 e. The zero-order valence-corrected chi connectivity index (χ0v) is 11.8. The van der Waals surface area contributed by atoms with Crippen LogP contribution in [0.25, 0.3) is 0 Å². The molecule has 1 heterocycles. The molecular formula is C12H14N2O3S2. The summed E-state index contributed by atoms with van der Waals surface area (Å²) < 4.78 is 31.2. The van der Waals surface area contributed by atoms with Crippen molar-refractivity contribution >= 4 is 21.4 Å². The molecule has 5 nitrogen and oxygen atoms in total.